The van der Waals surface area contributed by atoms with Gasteiger partial charge in [-0.2, -0.15) is 0 Å². The Bertz CT molecular complexity index is 1140. The van der Waals surface area contributed by atoms with Gasteiger partial charge in [0.05, 0.1) is 11.0 Å². The van der Waals surface area contributed by atoms with Gasteiger partial charge in [0, 0.05) is 18.2 Å². The molecule has 1 atom stereocenters. The van der Waals surface area contributed by atoms with Gasteiger partial charge in [0.2, 0.25) is 0 Å². The number of halogens is 1. The Labute approximate surface area is 225 Å². The van der Waals surface area contributed by atoms with Gasteiger partial charge in [-0.25, -0.2) is 9.59 Å². The number of carbonyl (C=O) groups excluding carboxylic acids is 3. The van der Waals surface area contributed by atoms with Crippen LogP contribution in [0.3, 0.4) is 0 Å². The Hall–Kier alpha value is -3.86. The molecule has 2 amide bonds. The van der Waals surface area contributed by atoms with E-state index in [1.54, 1.807) is 20.8 Å². The lowest BCUT2D eigenvalue weighted by molar-refractivity contribution is -0.384. The fraction of sp³-hybridized carbons (Fsp3) is 0.423. The molecule has 0 unspecified atom stereocenters. The summed E-state index contributed by atoms with van der Waals surface area (Å²) < 4.78 is 16.2. The van der Waals surface area contributed by atoms with Crippen molar-refractivity contribution in [1.29, 1.82) is 0 Å². The largest absolute Gasteiger partial charge is 0.490 e. The van der Waals surface area contributed by atoms with Gasteiger partial charge >= 0.3 is 12.2 Å². The predicted octanol–water partition coefficient (Wildman–Crippen LogP) is 5.43. The zero-order chi connectivity index (χ0) is 28.3. The van der Waals surface area contributed by atoms with Crippen LogP contribution in [-0.4, -0.2) is 47.7 Å². The van der Waals surface area contributed by atoms with Crippen molar-refractivity contribution in [3.63, 3.8) is 0 Å². The van der Waals surface area contributed by atoms with Gasteiger partial charge in [-0.3, -0.25) is 14.9 Å². The van der Waals surface area contributed by atoms with Crippen LogP contribution < -0.4 is 15.4 Å². The second-order valence-electron chi connectivity index (χ2n) is 9.41. The topological polar surface area (TPSA) is 146 Å². The molecule has 0 aromatic heterocycles. The second kappa shape index (κ2) is 14.2. The van der Waals surface area contributed by atoms with Gasteiger partial charge in [-0.15, -0.1) is 0 Å². The third-order valence-corrected chi connectivity index (χ3v) is 5.38. The van der Waals surface area contributed by atoms with Crippen LogP contribution >= 0.6 is 11.6 Å². The summed E-state index contributed by atoms with van der Waals surface area (Å²) >= 11 is 6.14. The molecule has 38 heavy (non-hydrogen) atoms. The highest BCUT2D eigenvalue weighted by molar-refractivity contribution is 6.34. The molecule has 12 heteroatoms. The van der Waals surface area contributed by atoms with Crippen LogP contribution in [0.1, 0.15) is 56.5 Å². The van der Waals surface area contributed by atoms with Crippen LogP contribution in [0.15, 0.2) is 42.5 Å². The van der Waals surface area contributed by atoms with Crippen LogP contribution in [0, 0.1) is 10.1 Å². The van der Waals surface area contributed by atoms with E-state index in [0.717, 1.165) is 11.6 Å². The van der Waals surface area contributed by atoms with Gasteiger partial charge in [0.15, 0.2) is 10.8 Å². The number of hydrogen-bond donors (Lipinski definition) is 2. The summed E-state index contributed by atoms with van der Waals surface area (Å²) in [7, 11) is 0. The highest BCUT2D eigenvalue weighted by Gasteiger charge is 2.23. The number of ether oxygens (including phenoxy) is 3. The summed E-state index contributed by atoms with van der Waals surface area (Å²) in [6, 6.07) is 11.0. The third-order valence-electron chi connectivity index (χ3n) is 5.00. The van der Waals surface area contributed by atoms with Crippen LogP contribution in [0.25, 0.3) is 0 Å². The van der Waals surface area contributed by atoms with E-state index in [0.29, 0.717) is 12.8 Å². The lowest BCUT2D eigenvalue weighted by atomic mass is 10.1. The van der Waals surface area contributed by atoms with E-state index < -0.39 is 40.2 Å². The summed E-state index contributed by atoms with van der Waals surface area (Å²) in [4.78, 5) is 46.8. The van der Waals surface area contributed by atoms with E-state index in [-0.39, 0.29) is 36.1 Å². The average molecular weight is 550 g/mol. The highest BCUT2D eigenvalue weighted by Crippen LogP contribution is 2.35. The molecule has 11 nitrogen and oxygen atoms in total. The number of nitro groups is 1. The minimum absolute atomic E-state index is 0.0611. The fourth-order valence-corrected chi connectivity index (χ4v) is 3.43. The molecular formula is C26H32ClN3O8. The molecule has 0 radical (unpaired) electrons. The smallest absolute Gasteiger partial charge is 0.407 e. The first-order valence-corrected chi connectivity index (χ1v) is 12.3. The number of hydrogen-bond acceptors (Lipinski definition) is 8. The summed E-state index contributed by atoms with van der Waals surface area (Å²) in [5.41, 5.74) is -0.288. The van der Waals surface area contributed by atoms with Crippen LogP contribution in [0.2, 0.25) is 5.02 Å². The molecule has 2 aromatic carbocycles. The monoisotopic (exact) mass is 549 g/mol. The van der Waals surface area contributed by atoms with Crippen molar-refractivity contribution in [2.75, 3.05) is 13.2 Å². The van der Waals surface area contributed by atoms with Crippen molar-refractivity contribution < 1.29 is 33.5 Å². The Balaban J connectivity index is 2.00. The SMILES string of the molecule is CC(=O)c1cc(OC[C@H](CCCNC(=O)OCc2ccccc2)NC(=O)OC(C)(C)C)c(Cl)c([N+](=O)[O-])c1. The number of benzene rings is 2. The van der Waals surface area contributed by atoms with Crippen molar-refractivity contribution >= 4 is 35.3 Å². The minimum atomic E-state index is -0.737. The highest BCUT2D eigenvalue weighted by atomic mass is 35.5. The van der Waals surface area contributed by atoms with E-state index in [1.807, 2.05) is 30.3 Å². The number of Topliss-reactive ketones (excluding diaryl/α,β-unsaturated/α-hetero) is 1. The number of ketones is 1. The Morgan fingerprint density at radius 2 is 1.79 bits per heavy atom. The van der Waals surface area contributed by atoms with Crippen molar-refractivity contribution in [2.45, 2.75) is 58.8 Å². The van der Waals surface area contributed by atoms with Gasteiger partial charge in [0.1, 0.15) is 24.6 Å². The molecular weight excluding hydrogens is 518 g/mol. The van der Waals surface area contributed by atoms with E-state index >= 15 is 0 Å². The zero-order valence-corrected chi connectivity index (χ0v) is 22.5. The van der Waals surface area contributed by atoms with Crippen LogP contribution in [-0.2, 0) is 16.1 Å². The number of amides is 2. The van der Waals surface area contributed by atoms with E-state index in [9.17, 15) is 24.5 Å². The zero-order valence-electron chi connectivity index (χ0n) is 21.7. The Morgan fingerprint density at radius 1 is 1.11 bits per heavy atom. The predicted molar refractivity (Wildman–Crippen MR) is 141 cm³/mol. The fourth-order valence-electron chi connectivity index (χ4n) is 3.20. The number of alkyl carbamates (subject to hydrolysis) is 2. The number of nitro benzene ring substituents is 1. The average Bonchev–Trinajstić information content (AvgIpc) is 2.83. The summed E-state index contributed by atoms with van der Waals surface area (Å²) in [5.74, 6) is -0.465. The van der Waals surface area contributed by atoms with Gasteiger partial charge in [-0.1, -0.05) is 41.9 Å². The number of nitrogens with zero attached hydrogens (tertiary/aromatic N) is 1. The molecule has 2 N–H and O–H groups in total. The minimum Gasteiger partial charge on any atom is -0.490 e. The molecule has 0 aliphatic carbocycles. The standard InChI is InChI=1S/C26H32ClN3O8/c1-17(31)19-13-21(30(34)35)23(27)22(14-19)36-16-20(29-25(33)38-26(2,3)4)11-8-12-28-24(32)37-15-18-9-6-5-7-10-18/h5-7,9-10,13-14,20H,8,11-12,15-16H2,1-4H3,(H,28,32)(H,29,33)/t20-/m0/s1. The third kappa shape index (κ3) is 10.6. The first-order valence-electron chi connectivity index (χ1n) is 11.9. The van der Waals surface area contributed by atoms with E-state index in [1.165, 1.54) is 13.0 Å². The number of nitrogens with one attached hydrogen (secondary N) is 2. The maximum Gasteiger partial charge on any atom is 0.407 e. The molecule has 2 aromatic rings. The molecule has 0 bridgehead atoms. The van der Waals surface area contributed by atoms with E-state index in [4.69, 9.17) is 25.8 Å². The van der Waals surface area contributed by atoms with Crippen molar-refractivity contribution in [3.8, 4) is 5.75 Å². The molecule has 0 heterocycles. The van der Waals surface area contributed by atoms with Crippen molar-refractivity contribution in [1.82, 2.24) is 10.6 Å². The van der Waals surface area contributed by atoms with Gasteiger partial charge in [-0.05, 0) is 52.2 Å². The first-order chi connectivity index (χ1) is 17.9. The molecule has 0 aliphatic heterocycles. The second-order valence-corrected chi connectivity index (χ2v) is 9.78. The molecule has 0 fully saturated rings. The van der Waals surface area contributed by atoms with Crippen molar-refractivity contribution in [3.05, 3.63) is 68.7 Å². The van der Waals surface area contributed by atoms with Crippen LogP contribution in [0.4, 0.5) is 15.3 Å². The maximum atomic E-state index is 12.4. The van der Waals surface area contributed by atoms with Gasteiger partial charge < -0.3 is 24.8 Å². The quantitative estimate of drug-likeness (QED) is 0.154. The van der Waals surface area contributed by atoms with Crippen molar-refractivity contribution in [2.24, 2.45) is 0 Å². The summed E-state index contributed by atoms with van der Waals surface area (Å²) in [6.45, 7) is 6.68. The first kappa shape index (κ1) is 30.4. The molecule has 2 rings (SSSR count). The molecule has 0 saturated carbocycles. The Kier molecular flexibility index (Phi) is 11.3. The molecule has 0 saturated heterocycles. The van der Waals surface area contributed by atoms with Gasteiger partial charge in [0.25, 0.3) is 5.69 Å². The Morgan fingerprint density at radius 3 is 2.39 bits per heavy atom. The summed E-state index contributed by atoms with van der Waals surface area (Å²) in [6.07, 6.45) is -0.478. The summed E-state index contributed by atoms with van der Waals surface area (Å²) in [5, 5.41) is 16.4. The number of carbonyl (C=O) groups is 3. The molecule has 0 aliphatic rings. The maximum absolute atomic E-state index is 12.4. The van der Waals surface area contributed by atoms with E-state index in [2.05, 4.69) is 10.6 Å². The lowest BCUT2D eigenvalue weighted by Crippen LogP contribution is -2.42. The number of rotatable bonds is 12. The molecule has 0 spiro atoms. The molecule has 206 valence electrons. The lowest BCUT2D eigenvalue weighted by Gasteiger charge is -2.24. The normalized spacial score (nSPS) is 11.7. The van der Waals surface area contributed by atoms with Crippen LogP contribution in [0.5, 0.6) is 5.75 Å².